The highest BCUT2D eigenvalue weighted by molar-refractivity contribution is 6.71. The van der Waals surface area contributed by atoms with Crippen LogP contribution in [-0.2, 0) is 0 Å². The summed E-state index contributed by atoms with van der Waals surface area (Å²) in [5, 5.41) is 2.65. The molecule has 2 aliphatic rings. The first-order chi connectivity index (χ1) is 11.4. The van der Waals surface area contributed by atoms with Crippen molar-refractivity contribution < 1.29 is 0 Å². The number of nitrogens with zero attached hydrogens (tertiary/aromatic N) is 2. The highest BCUT2D eigenvalue weighted by Gasteiger charge is 2.52. The molecule has 3 rings (SSSR count). The van der Waals surface area contributed by atoms with E-state index in [0.717, 1.165) is 0 Å². The van der Waals surface area contributed by atoms with Crippen LogP contribution in [0.25, 0.3) is 5.57 Å². The summed E-state index contributed by atoms with van der Waals surface area (Å²) in [5.74, 6) is 0. The minimum absolute atomic E-state index is 0.122. The van der Waals surface area contributed by atoms with Crippen LogP contribution in [-0.4, -0.2) is 28.4 Å². The molecular weight excluding hydrogens is 303 g/mol. The SMILES string of the molecule is CB1c2ccccc2C(C(C)(C)C)=CN1N1[C@@H](C)C(C)(C)CC1(C)C. The van der Waals surface area contributed by atoms with Gasteiger partial charge in [-0.25, -0.2) is 5.01 Å². The van der Waals surface area contributed by atoms with Gasteiger partial charge in [-0.05, 0) is 54.6 Å². The molecule has 1 fully saturated rings. The van der Waals surface area contributed by atoms with Crippen molar-refractivity contribution in [2.24, 2.45) is 10.8 Å². The van der Waals surface area contributed by atoms with Crippen molar-refractivity contribution in [2.75, 3.05) is 0 Å². The van der Waals surface area contributed by atoms with Crippen LogP contribution in [0, 0.1) is 10.8 Å². The predicted octanol–water partition coefficient (Wildman–Crippen LogP) is 5.03. The van der Waals surface area contributed by atoms with Crippen LogP contribution < -0.4 is 5.46 Å². The van der Waals surface area contributed by atoms with Crippen molar-refractivity contribution in [1.29, 1.82) is 0 Å². The zero-order valence-corrected chi connectivity index (χ0v) is 17.6. The van der Waals surface area contributed by atoms with Crippen LogP contribution in [0.3, 0.4) is 0 Å². The van der Waals surface area contributed by atoms with Gasteiger partial charge in [0.15, 0.2) is 0 Å². The fourth-order valence-corrected chi connectivity index (χ4v) is 5.12. The van der Waals surface area contributed by atoms with Gasteiger partial charge >= 0.3 is 6.85 Å². The lowest BCUT2D eigenvalue weighted by molar-refractivity contribution is -0.00964. The van der Waals surface area contributed by atoms with E-state index in [1.807, 2.05) is 0 Å². The maximum atomic E-state index is 2.65. The maximum Gasteiger partial charge on any atom is 0.303 e. The number of hydrazine groups is 1. The predicted molar refractivity (Wildman–Crippen MR) is 111 cm³/mol. The van der Waals surface area contributed by atoms with Crippen LogP contribution in [0.1, 0.15) is 67.4 Å². The van der Waals surface area contributed by atoms with Gasteiger partial charge in [0.05, 0.1) is 0 Å². The fourth-order valence-electron chi connectivity index (χ4n) is 5.12. The topological polar surface area (TPSA) is 6.48 Å². The lowest BCUT2D eigenvalue weighted by atomic mass is 9.53. The third kappa shape index (κ3) is 2.95. The molecule has 0 spiro atoms. The quantitative estimate of drug-likeness (QED) is 0.663. The summed E-state index contributed by atoms with van der Waals surface area (Å²) in [6.45, 7) is 21.7. The number of hydrogen-bond donors (Lipinski definition) is 0. The van der Waals surface area contributed by atoms with E-state index in [2.05, 4.69) is 103 Å². The van der Waals surface area contributed by atoms with Gasteiger partial charge in [0.1, 0.15) is 0 Å². The van der Waals surface area contributed by atoms with E-state index in [4.69, 9.17) is 0 Å². The molecule has 0 aromatic heterocycles. The van der Waals surface area contributed by atoms with Crippen molar-refractivity contribution in [3.05, 3.63) is 36.0 Å². The van der Waals surface area contributed by atoms with Gasteiger partial charge in [0, 0.05) is 17.8 Å². The highest BCUT2D eigenvalue weighted by atomic mass is 15.6. The van der Waals surface area contributed by atoms with Crippen LogP contribution in [0.5, 0.6) is 0 Å². The molecule has 1 saturated heterocycles. The number of hydrogen-bond acceptors (Lipinski definition) is 2. The van der Waals surface area contributed by atoms with E-state index in [0.29, 0.717) is 18.3 Å². The van der Waals surface area contributed by atoms with Gasteiger partial charge in [0.2, 0.25) is 0 Å². The summed E-state index contributed by atoms with van der Waals surface area (Å²) in [5.41, 5.74) is 4.90. The fraction of sp³-hybridized carbons (Fsp3) is 0.636. The molecule has 0 N–H and O–H groups in total. The molecule has 3 heteroatoms. The molecule has 2 nitrogen and oxygen atoms in total. The van der Waals surface area contributed by atoms with Crippen molar-refractivity contribution in [3.8, 4) is 0 Å². The van der Waals surface area contributed by atoms with Gasteiger partial charge in [0.25, 0.3) is 0 Å². The number of allylic oxidation sites excluding steroid dienone is 1. The van der Waals surface area contributed by atoms with Crippen molar-refractivity contribution in [2.45, 2.75) is 80.2 Å². The largest absolute Gasteiger partial charge is 0.350 e. The Morgan fingerprint density at radius 2 is 1.68 bits per heavy atom. The standard InChI is InChI=1S/C22H35BN2/c1-16-21(5,6)15-22(7,8)25(16)24-14-18(20(2,3)4)17-12-10-11-13-19(17)23(24)9/h10-14,16H,15H2,1-9H3/t16-/m0/s1. The molecule has 1 aromatic carbocycles. The Morgan fingerprint density at radius 1 is 1.08 bits per heavy atom. The van der Waals surface area contributed by atoms with E-state index >= 15 is 0 Å². The Morgan fingerprint density at radius 3 is 2.20 bits per heavy atom. The molecule has 1 aromatic rings. The summed E-state index contributed by atoms with van der Waals surface area (Å²) in [6.07, 6.45) is 3.65. The maximum absolute atomic E-state index is 2.65. The molecule has 136 valence electrons. The van der Waals surface area contributed by atoms with Crippen molar-refractivity contribution >= 4 is 17.9 Å². The molecule has 0 radical (unpaired) electrons. The summed E-state index contributed by atoms with van der Waals surface area (Å²) in [4.78, 5) is 2.54. The van der Waals surface area contributed by atoms with Crippen LogP contribution in [0.15, 0.2) is 30.5 Å². The molecule has 0 aliphatic carbocycles. The Balaban J connectivity index is 2.14. The summed E-state index contributed by atoms with van der Waals surface area (Å²) in [6, 6.07) is 9.47. The molecular formula is C22H35BN2. The van der Waals surface area contributed by atoms with Crippen molar-refractivity contribution in [3.63, 3.8) is 0 Å². The minimum atomic E-state index is 0.122. The number of benzene rings is 1. The minimum Gasteiger partial charge on any atom is -0.350 e. The van der Waals surface area contributed by atoms with Gasteiger partial charge in [-0.2, -0.15) is 0 Å². The third-order valence-electron chi connectivity index (χ3n) is 6.42. The second-order valence-electron chi connectivity index (χ2n) is 10.4. The zero-order valence-electron chi connectivity index (χ0n) is 17.6. The molecule has 1 atom stereocenters. The lowest BCUT2D eigenvalue weighted by Gasteiger charge is -2.49. The van der Waals surface area contributed by atoms with E-state index < -0.39 is 0 Å². The van der Waals surface area contributed by atoms with E-state index in [9.17, 15) is 0 Å². The van der Waals surface area contributed by atoms with Crippen molar-refractivity contribution in [1.82, 2.24) is 9.93 Å². The number of fused-ring (bicyclic) bond motifs is 1. The molecule has 2 aliphatic heterocycles. The Labute approximate surface area is 155 Å². The smallest absolute Gasteiger partial charge is 0.303 e. The van der Waals surface area contributed by atoms with Gasteiger partial charge in [-0.15, -0.1) is 0 Å². The number of rotatable bonds is 1. The lowest BCUT2D eigenvalue weighted by Crippen LogP contribution is -2.61. The van der Waals surface area contributed by atoms with Crippen LogP contribution in [0.2, 0.25) is 6.82 Å². The van der Waals surface area contributed by atoms with Gasteiger partial charge in [-0.1, -0.05) is 65.7 Å². The summed E-state index contributed by atoms with van der Waals surface area (Å²) >= 11 is 0. The molecule has 2 heterocycles. The Kier molecular flexibility index (Phi) is 4.19. The first kappa shape index (κ1) is 18.6. The average Bonchev–Trinajstić information content (AvgIpc) is 2.63. The molecule has 25 heavy (non-hydrogen) atoms. The van der Waals surface area contributed by atoms with E-state index in [1.165, 1.54) is 23.0 Å². The van der Waals surface area contributed by atoms with Gasteiger partial charge in [-0.3, -0.25) is 0 Å². The first-order valence-corrected chi connectivity index (χ1v) is 9.75. The average molecular weight is 338 g/mol. The van der Waals surface area contributed by atoms with E-state index in [1.54, 1.807) is 0 Å². The Bertz CT molecular complexity index is 696. The van der Waals surface area contributed by atoms with Crippen LogP contribution >= 0.6 is 0 Å². The summed E-state index contributed by atoms with van der Waals surface area (Å²) < 4.78 is 0. The molecule has 0 unspecified atom stereocenters. The second kappa shape index (κ2) is 5.64. The zero-order chi connectivity index (χ0) is 18.8. The second-order valence-corrected chi connectivity index (χ2v) is 10.4. The van der Waals surface area contributed by atoms with Gasteiger partial charge < -0.3 is 4.92 Å². The third-order valence-corrected chi connectivity index (χ3v) is 6.42. The first-order valence-electron chi connectivity index (χ1n) is 9.75. The molecule has 0 amide bonds. The molecule has 0 bridgehead atoms. The highest BCUT2D eigenvalue weighted by Crippen LogP contribution is 2.48. The van der Waals surface area contributed by atoms with Crippen LogP contribution in [0.4, 0.5) is 0 Å². The Hall–Kier alpha value is -1.22. The normalized spacial score (nSPS) is 25.8. The molecule has 0 saturated carbocycles. The monoisotopic (exact) mass is 338 g/mol. The summed E-state index contributed by atoms with van der Waals surface area (Å²) in [7, 11) is 0. The van der Waals surface area contributed by atoms with E-state index in [-0.39, 0.29) is 11.0 Å².